The molecule has 106 valence electrons. The van der Waals surface area contributed by atoms with Crippen LogP contribution in [-0.4, -0.2) is 47.9 Å². The molecule has 3 rings (SSSR count). The van der Waals surface area contributed by atoms with Gasteiger partial charge in [0.1, 0.15) is 6.10 Å². The fraction of sp³-hybridized carbons (Fsp3) is 0.818. The molecule has 0 saturated carbocycles. The zero-order chi connectivity index (χ0) is 13.6. The Bertz CT molecular complexity index is 570. The monoisotopic (exact) mass is 287 g/mol. The highest BCUT2D eigenvalue weighted by atomic mass is 32.2. The van der Waals surface area contributed by atoms with Gasteiger partial charge >= 0.3 is 0 Å². The van der Waals surface area contributed by atoms with Crippen LogP contribution in [0.25, 0.3) is 0 Å². The molecule has 2 saturated heterocycles. The lowest BCUT2D eigenvalue weighted by atomic mass is 10.00. The molecule has 19 heavy (non-hydrogen) atoms. The van der Waals surface area contributed by atoms with Gasteiger partial charge in [-0.2, -0.15) is 4.31 Å². The quantitative estimate of drug-likeness (QED) is 0.793. The molecule has 7 nitrogen and oxygen atoms in total. The maximum Gasteiger partial charge on any atom is 0.245 e. The molecule has 0 bridgehead atoms. The van der Waals surface area contributed by atoms with Gasteiger partial charge in [-0.05, 0) is 19.3 Å². The van der Waals surface area contributed by atoms with Gasteiger partial charge in [0.25, 0.3) is 0 Å². The summed E-state index contributed by atoms with van der Waals surface area (Å²) in [7, 11) is -3.15. The van der Waals surface area contributed by atoms with Crippen molar-refractivity contribution in [3.8, 4) is 0 Å². The van der Waals surface area contributed by atoms with E-state index >= 15 is 0 Å². The van der Waals surface area contributed by atoms with Gasteiger partial charge in [0.15, 0.2) is 0 Å². The maximum absolute atomic E-state index is 11.7. The fourth-order valence-electron chi connectivity index (χ4n) is 2.92. The Morgan fingerprint density at radius 2 is 2.05 bits per heavy atom. The Hall–Kier alpha value is -0.990. The van der Waals surface area contributed by atoms with Crippen LogP contribution in [0.15, 0.2) is 4.42 Å². The molecule has 3 heterocycles. The van der Waals surface area contributed by atoms with Crippen molar-refractivity contribution in [3.05, 3.63) is 11.8 Å². The normalized spacial score (nSPS) is 32.4. The highest BCUT2D eigenvalue weighted by molar-refractivity contribution is 7.88. The predicted octanol–water partition coefficient (Wildman–Crippen LogP) is 0.632. The first-order valence-corrected chi connectivity index (χ1v) is 8.22. The van der Waals surface area contributed by atoms with E-state index in [-0.39, 0.29) is 18.2 Å². The topological polar surface area (TPSA) is 85.5 Å². The van der Waals surface area contributed by atoms with Gasteiger partial charge in [-0.15, -0.1) is 10.2 Å². The van der Waals surface area contributed by atoms with Crippen LogP contribution in [0.1, 0.15) is 37.1 Å². The number of aryl methyl sites for hydroxylation is 1. The smallest absolute Gasteiger partial charge is 0.245 e. The Balaban J connectivity index is 1.74. The van der Waals surface area contributed by atoms with Crippen molar-refractivity contribution in [1.82, 2.24) is 14.5 Å². The Morgan fingerprint density at radius 1 is 1.26 bits per heavy atom. The molecule has 1 aromatic rings. The van der Waals surface area contributed by atoms with E-state index in [1.165, 1.54) is 6.26 Å². The highest BCUT2D eigenvalue weighted by Crippen LogP contribution is 2.38. The third-order valence-corrected chi connectivity index (χ3v) is 5.05. The molecule has 0 aliphatic carbocycles. The Morgan fingerprint density at radius 3 is 2.68 bits per heavy atom. The molecular weight excluding hydrogens is 270 g/mol. The number of hydrogen-bond donors (Lipinski definition) is 0. The predicted molar refractivity (Wildman–Crippen MR) is 65.8 cm³/mol. The van der Waals surface area contributed by atoms with E-state index in [1.807, 2.05) is 0 Å². The van der Waals surface area contributed by atoms with Crippen molar-refractivity contribution in [1.29, 1.82) is 0 Å². The Kier molecular flexibility index (Phi) is 3.11. The van der Waals surface area contributed by atoms with E-state index in [0.717, 1.165) is 12.8 Å². The molecule has 3 atom stereocenters. The second-order valence-electron chi connectivity index (χ2n) is 5.13. The molecule has 8 heteroatoms. The van der Waals surface area contributed by atoms with Crippen molar-refractivity contribution in [3.63, 3.8) is 0 Å². The first kappa shape index (κ1) is 13.0. The summed E-state index contributed by atoms with van der Waals surface area (Å²) < 4.78 is 36.2. The van der Waals surface area contributed by atoms with E-state index in [2.05, 4.69) is 10.2 Å². The molecule has 0 radical (unpaired) electrons. The summed E-state index contributed by atoms with van der Waals surface area (Å²) in [4.78, 5) is 0. The lowest BCUT2D eigenvalue weighted by Gasteiger charge is -2.33. The summed E-state index contributed by atoms with van der Waals surface area (Å²) in [5.41, 5.74) is 0. The largest absolute Gasteiger partial charge is 0.423 e. The van der Waals surface area contributed by atoms with Gasteiger partial charge in [-0.25, -0.2) is 8.42 Å². The molecule has 2 fully saturated rings. The van der Waals surface area contributed by atoms with Crippen LogP contribution in [-0.2, 0) is 14.8 Å². The average Bonchev–Trinajstić information content (AvgIpc) is 2.92. The molecule has 2 aliphatic rings. The van der Waals surface area contributed by atoms with Crippen molar-refractivity contribution in [2.24, 2.45) is 0 Å². The van der Waals surface area contributed by atoms with Crippen LogP contribution in [0.3, 0.4) is 0 Å². The van der Waals surface area contributed by atoms with Crippen LogP contribution in [0.4, 0.5) is 0 Å². The van der Waals surface area contributed by atoms with E-state index in [0.29, 0.717) is 24.7 Å². The van der Waals surface area contributed by atoms with Gasteiger partial charge < -0.3 is 9.15 Å². The summed E-state index contributed by atoms with van der Waals surface area (Å²) in [5.74, 6) is 1.01. The van der Waals surface area contributed by atoms with Crippen LogP contribution < -0.4 is 0 Å². The van der Waals surface area contributed by atoms with Gasteiger partial charge in [0, 0.05) is 13.5 Å². The number of nitrogens with zero attached hydrogens (tertiary/aromatic N) is 3. The lowest BCUT2D eigenvalue weighted by molar-refractivity contribution is -0.0738. The summed E-state index contributed by atoms with van der Waals surface area (Å²) in [6.45, 7) is 2.27. The SMILES string of the molecule is Cc1nnc([C@H]2CC[C@@H]3[C@@H](CCN3S(C)(=O)=O)O2)o1. The zero-order valence-electron chi connectivity index (χ0n) is 10.9. The number of sulfonamides is 1. The highest BCUT2D eigenvalue weighted by Gasteiger charge is 2.44. The summed E-state index contributed by atoms with van der Waals surface area (Å²) in [5, 5.41) is 7.78. The van der Waals surface area contributed by atoms with Crippen LogP contribution >= 0.6 is 0 Å². The minimum absolute atomic E-state index is 0.0460. The standard InChI is InChI=1S/C11H17N3O4S/c1-7-12-13-11(17-7)10-4-3-8-9(18-10)5-6-14(8)19(2,15)16/h8-10H,3-6H2,1-2H3/t8-,9-,10-/m1/s1. The second kappa shape index (κ2) is 4.53. The van der Waals surface area contributed by atoms with E-state index in [1.54, 1.807) is 11.2 Å². The van der Waals surface area contributed by atoms with E-state index in [4.69, 9.17) is 9.15 Å². The van der Waals surface area contributed by atoms with Crippen LogP contribution in [0, 0.1) is 6.92 Å². The number of fused-ring (bicyclic) bond motifs is 1. The summed E-state index contributed by atoms with van der Waals surface area (Å²) in [6, 6.07) is -0.0460. The third-order valence-electron chi connectivity index (χ3n) is 3.74. The minimum Gasteiger partial charge on any atom is -0.423 e. The minimum atomic E-state index is -3.15. The molecule has 1 aromatic heterocycles. The molecule has 0 unspecified atom stereocenters. The summed E-state index contributed by atoms with van der Waals surface area (Å²) >= 11 is 0. The first-order valence-electron chi connectivity index (χ1n) is 6.37. The van der Waals surface area contributed by atoms with Crippen LogP contribution in [0.2, 0.25) is 0 Å². The van der Waals surface area contributed by atoms with Crippen LogP contribution in [0.5, 0.6) is 0 Å². The molecule has 0 N–H and O–H groups in total. The average molecular weight is 287 g/mol. The molecule has 2 aliphatic heterocycles. The molecular formula is C11H17N3O4S. The molecule has 0 spiro atoms. The molecule has 0 amide bonds. The lowest BCUT2D eigenvalue weighted by Crippen LogP contribution is -2.42. The first-order chi connectivity index (χ1) is 8.95. The van der Waals surface area contributed by atoms with Gasteiger partial charge in [0.05, 0.1) is 18.4 Å². The number of hydrogen-bond acceptors (Lipinski definition) is 6. The van der Waals surface area contributed by atoms with Crippen molar-refractivity contribution < 1.29 is 17.6 Å². The fourth-order valence-corrected chi connectivity index (χ4v) is 4.09. The second-order valence-corrected chi connectivity index (χ2v) is 7.06. The van der Waals surface area contributed by atoms with Crippen molar-refractivity contribution in [2.45, 2.75) is 44.4 Å². The van der Waals surface area contributed by atoms with Crippen molar-refractivity contribution >= 4 is 10.0 Å². The third kappa shape index (κ3) is 2.39. The van der Waals surface area contributed by atoms with E-state index in [9.17, 15) is 8.42 Å². The van der Waals surface area contributed by atoms with Gasteiger partial charge in [-0.1, -0.05) is 0 Å². The van der Waals surface area contributed by atoms with E-state index < -0.39 is 10.0 Å². The van der Waals surface area contributed by atoms with Gasteiger partial charge in [0.2, 0.25) is 21.8 Å². The number of aromatic nitrogens is 2. The number of rotatable bonds is 2. The van der Waals surface area contributed by atoms with Crippen molar-refractivity contribution in [2.75, 3.05) is 12.8 Å². The zero-order valence-corrected chi connectivity index (χ0v) is 11.8. The molecule has 0 aromatic carbocycles. The van der Waals surface area contributed by atoms with Gasteiger partial charge in [-0.3, -0.25) is 0 Å². The maximum atomic E-state index is 11.7. The summed E-state index contributed by atoms with van der Waals surface area (Å²) in [6.07, 6.45) is 3.17. The number of ether oxygens (including phenoxy) is 1. The Labute approximate surface area is 112 Å².